The maximum Gasteiger partial charge on any atom is 0.0574 e. The first-order valence-electron chi connectivity index (χ1n) is 5.93. The Hall–Kier alpha value is -1.22. The van der Waals surface area contributed by atoms with Crippen molar-refractivity contribution in [2.45, 2.75) is 26.3 Å². The van der Waals surface area contributed by atoms with E-state index in [0.717, 1.165) is 24.5 Å². The van der Waals surface area contributed by atoms with Gasteiger partial charge in [0.2, 0.25) is 0 Å². The molecule has 0 saturated heterocycles. The maximum atomic E-state index is 5.85. The van der Waals surface area contributed by atoms with E-state index in [1.807, 2.05) is 24.3 Å². The predicted octanol–water partition coefficient (Wildman–Crippen LogP) is 2.41. The quantitative estimate of drug-likeness (QED) is 0.725. The van der Waals surface area contributed by atoms with Crippen molar-refractivity contribution in [3.8, 4) is 0 Å². The summed E-state index contributed by atoms with van der Waals surface area (Å²) in [4.78, 5) is 2.35. The van der Waals surface area contributed by atoms with Crippen LogP contribution in [0.25, 0.3) is 0 Å². The Labute approximate surface area is 98.6 Å². The van der Waals surface area contributed by atoms with Gasteiger partial charge in [0.1, 0.15) is 0 Å². The Morgan fingerprint density at radius 1 is 1.38 bits per heavy atom. The summed E-state index contributed by atoms with van der Waals surface area (Å²) in [5.74, 6) is 0. The molecule has 0 heterocycles. The summed E-state index contributed by atoms with van der Waals surface area (Å²) in [5.41, 5.74) is 7.69. The zero-order valence-corrected chi connectivity index (χ0v) is 10.5. The zero-order chi connectivity index (χ0) is 12.0. The molecule has 3 heteroatoms. The minimum atomic E-state index is 0.634. The van der Waals surface area contributed by atoms with Crippen molar-refractivity contribution in [3.05, 3.63) is 24.3 Å². The van der Waals surface area contributed by atoms with E-state index in [4.69, 9.17) is 5.73 Å². The Balaban J connectivity index is 2.33. The second-order valence-corrected chi connectivity index (χ2v) is 4.25. The zero-order valence-electron chi connectivity index (χ0n) is 10.5. The lowest BCUT2D eigenvalue weighted by Crippen LogP contribution is -2.32. The van der Waals surface area contributed by atoms with E-state index in [1.165, 1.54) is 6.42 Å². The summed E-state index contributed by atoms with van der Waals surface area (Å²) < 4.78 is 0. The van der Waals surface area contributed by atoms with Gasteiger partial charge >= 0.3 is 0 Å². The van der Waals surface area contributed by atoms with Crippen molar-refractivity contribution in [2.75, 3.05) is 31.2 Å². The average Bonchev–Trinajstić information content (AvgIpc) is 2.30. The van der Waals surface area contributed by atoms with Gasteiger partial charge in [0.25, 0.3) is 0 Å². The molecule has 16 heavy (non-hydrogen) atoms. The van der Waals surface area contributed by atoms with Crippen LogP contribution in [-0.2, 0) is 0 Å². The highest BCUT2D eigenvalue weighted by atomic mass is 15.1. The largest absolute Gasteiger partial charge is 0.397 e. The third kappa shape index (κ3) is 3.74. The molecule has 0 radical (unpaired) electrons. The molecule has 0 aliphatic carbocycles. The van der Waals surface area contributed by atoms with Crippen LogP contribution < -0.4 is 11.1 Å². The summed E-state index contributed by atoms with van der Waals surface area (Å²) in [5, 5.41) is 3.36. The average molecular weight is 221 g/mol. The Morgan fingerprint density at radius 2 is 2.06 bits per heavy atom. The molecule has 3 N–H and O–H groups in total. The number of nitrogen functional groups attached to an aromatic ring is 1. The number of nitrogens with one attached hydrogen (secondary N) is 1. The molecule has 90 valence electrons. The molecule has 0 amide bonds. The van der Waals surface area contributed by atoms with Crippen LogP contribution in [0.15, 0.2) is 24.3 Å². The van der Waals surface area contributed by atoms with Gasteiger partial charge in [-0.25, -0.2) is 0 Å². The van der Waals surface area contributed by atoms with Crippen molar-refractivity contribution < 1.29 is 0 Å². The number of benzene rings is 1. The van der Waals surface area contributed by atoms with Gasteiger partial charge in [-0.2, -0.15) is 0 Å². The van der Waals surface area contributed by atoms with Crippen LogP contribution in [0.5, 0.6) is 0 Å². The fourth-order valence-corrected chi connectivity index (χ4v) is 1.56. The number of nitrogens with zero attached hydrogens (tertiary/aromatic N) is 1. The van der Waals surface area contributed by atoms with Crippen LogP contribution in [0.2, 0.25) is 0 Å². The van der Waals surface area contributed by atoms with Crippen molar-refractivity contribution in [1.29, 1.82) is 0 Å². The van der Waals surface area contributed by atoms with Gasteiger partial charge in [-0.05, 0) is 32.5 Å². The molecular weight excluding hydrogens is 198 g/mol. The summed E-state index contributed by atoms with van der Waals surface area (Å²) in [6.07, 6.45) is 1.18. The molecule has 1 aromatic carbocycles. The number of anilines is 2. The van der Waals surface area contributed by atoms with Crippen molar-refractivity contribution in [2.24, 2.45) is 0 Å². The Kier molecular flexibility index (Phi) is 5.12. The SMILES string of the molecule is CCC(C)N(C)CCNc1ccccc1N. The minimum absolute atomic E-state index is 0.634. The molecule has 0 saturated carbocycles. The van der Waals surface area contributed by atoms with E-state index in [9.17, 15) is 0 Å². The summed E-state index contributed by atoms with van der Waals surface area (Å²) in [7, 11) is 2.16. The van der Waals surface area contributed by atoms with Gasteiger partial charge in [0, 0.05) is 19.1 Å². The molecule has 1 unspecified atom stereocenters. The number of likely N-dealkylation sites (N-methyl/N-ethyl adjacent to an activating group) is 1. The highest BCUT2D eigenvalue weighted by Crippen LogP contribution is 2.16. The first-order chi connectivity index (χ1) is 7.65. The number of nitrogens with two attached hydrogens (primary N) is 1. The summed E-state index contributed by atoms with van der Waals surface area (Å²) in [6, 6.07) is 8.51. The van der Waals surface area contributed by atoms with Crippen LogP contribution >= 0.6 is 0 Å². The van der Waals surface area contributed by atoms with Gasteiger partial charge in [-0.1, -0.05) is 19.1 Å². The van der Waals surface area contributed by atoms with Crippen LogP contribution in [0.3, 0.4) is 0 Å². The molecule has 0 aliphatic heterocycles. The lowest BCUT2D eigenvalue weighted by Gasteiger charge is -2.23. The van der Waals surface area contributed by atoms with E-state index < -0.39 is 0 Å². The van der Waals surface area contributed by atoms with E-state index in [-0.39, 0.29) is 0 Å². The predicted molar refractivity (Wildman–Crippen MR) is 71.7 cm³/mol. The van der Waals surface area contributed by atoms with Crippen LogP contribution in [0.1, 0.15) is 20.3 Å². The van der Waals surface area contributed by atoms with Gasteiger partial charge < -0.3 is 16.0 Å². The smallest absolute Gasteiger partial charge is 0.0574 e. The number of rotatable bonds is 6. The molecule has 1 rings (SSSR count). The van der Waals surface area contributed by atoms with Crippen LogP contribution in [-0.4, -0.2) is 31.1 Å². The van der Waals surface area contributed by atoms with Gasteiger partial charge in [0.05, 0.1) is 11.4 Å². The molecule has 0 spiro atoms. The second-order valence-electron chi connectivity index (χ2n) is 4.25. The van der Waals surface area contributed by atoms with Crippen molar-refractivity contribution in [3.63, 3.8) is 0 Å². The Morgan fingerprint density at radius 3 is 2.69 bits per heavy atom. The second kappa shape index (κ2) is 6.38. The maximum absolute atomic E-state index is 5.85. The third-order valence-corrected chi connectivity index (χ3v) is 3.08. The lowest BCUT2D eigenvalue weighted by molar-refractivity contribution is 0.261. The number of hydrogen-bond donors (Lipinski definition) is 2. The molecular formula is C13H23N3. The van der Waals surface area contributed by atoms with E-state index in [2.05, 4.69) is 31.1 Å². The molecule has 0 aromatic heterocycles. The van der Waals surface area contributed by atoms with Crippen LogP contribution in [0.4, 0.5) is 11.4 Å². The number of hydrogen-bond acceptors (Lipinski definition) is 3. The molecule has 1 aromatic rings. The van der Waals surface area contributed by atoms with Crippen LogP contribution in [0, 0.1) is 0 Å². The molecule has 0 fully saturated rings. The minimum Gasteiger partial charge on any atom is -0.397 e. The van der Waals surface area contributed by atoms with E-state index >= 15 is 0 Å². The first-order valence-corrected chi connectivity index (χ1v) is 5.93. The van der Waals surface area contributed by atoms with E-state index in [0.29, 0.717) is 6.04 Å². The van der Waals surface area contributed by atoms with E-state index in [1.54, 1.807) is 0 Å². The summed E-state index contributed by atoms with van der Waals surface area (Å²) >= 11 is 0. The summed E-state index contributed by atoms with van der Waals surface area (Å²) in [6.45, 7) is 6.42. The highest BCUT2D eigenvalue weighted by Gasteiger charge is 2.05. The normalized spacial score (nSPS) is 12.8. The van der Waals surface area contributed by atoms with Crippen molar-refractivity contribution in [1.82, 2.24) is 4.90 Å². The van der Waals surface area contributed by atoms with Gasteiger partial charge in [-0.15, -0.1) is 0 Å². The fraction of sp³-hybridized carbons (Fsp3) is 0.538. The molecule has 0 aliphatic rings. The molecule has 1 atom stereocenters. The van der Waals surface area contributed by atoms with Gasteiger partial charge in [0.15, 0.2) is 0 Å². The lowest BCUT2D eigenvalue weighted by atomic mass is 10.2. The third-order valence-electron chi connectivity index (χ3n) is 3.08. The number of para-hydroxylation sites is 2. The molecule has 0 bridgehead atoms. The highest BCUT2D eigenvalue weighted by molar-refractivity contribution is 5.65. The topological polar surface area (TPSA) is 41.3 Å². The fourth-order valence-electron chi connectivity index (χ4n) is 1.56. The first kappa shape index (κ1) is 12.8. The van der Waals surface area contributed by atoms with Crippen molar-refractivity contribution >= 4 is 11.4 Å². The standard InChI is InChI=1S/C13H23N3/c1-4-11(2)16(3)10-9-15-13-8-6-5-7-12(13)14/h5-8,11,15H,4,9-10,14H2,1-3H3. The molecule has 3 nitrogen and oxygen atoms in total. The Bertz CT molecular complexity index is 312. The van der Waals surface area contributed by atoms with Gasteiger partial charge in [-0.3, -0.25) is 0 Å². The monoisotopic (exact) mass is 221 g/mol.